The van der Waals surface area contributed by atoms with Gasteiger partial charge in [-0.1, -0.05) is 0 Å². The Bertz CT molecular complexity index is 144. The van der Waals surface area contributed by atoms with Crippen molar-refractivity contribution in [3.05, 3.63) is 0 Å². The number of hydrogen-bond acceptors (Lipinski definition) is 3. The van der Waals surface area contributed by atoms with Gasteiger partial charge in [-0.25, -0.2) is 0 Å². The molecule has 9 heavy (non-hydrogen) atoms. The molecule has 50 valence electrons. The van der Waals surface area contributed by atoms with Gasteiger partial charge in [0.15, 0.2) is 0 Å². The molecular formula is C2H10KMgNO3S. The third-order valence-corrected chi connectivity index (χ3v) is 1.13. The van der Waals surface area contributed by atoms with Crippen LogP contribution in [0.15, 0.2) is 0 Å². The van der Waals surface area contributed by atoms with E-state index in [1.54, 1.807) is 0 Å². The minimum absolute atomic E-state index is 0. The maximum atomic E-state index is 9.71. The van der Waals surface area contributed by atoms with Crippen molar-refractivity contribution in [3.63, 3.8) is 0 Å². The van der Waals surface area contributed by atoms with Gasteiger partial charge in [-0.2, -0.15) is 8.42 Å². The van der Waals surface area contributed by atoms with Crippen LogP contribution in [0.5, 0.6) is 0 Å². The van der Waals surface area contributed by atoms with E-state index < -0.39 is 10.1 Å². The number of nitrogens with two attached hydrogens (primary N) is 1. The van der Waals surface area contributed by atoms with Crippen LogP contribution in [0.3, 0.4) is 0 Å². The summed E-state index contributed by atoms with van der Waals surface area (Å²) in [5.74, 6) is -0.354. The standard InChI is InChI=1S/C2H7NO3S.K.Mg.3H/c3-1-2-7(4,5)6;;;;;/h1-3H2,(H,4,5,6);;;;;/q;+1;+2;3*-1. The van der Waals surface area contributed by atoms with Gasteiger partial charge in [0.25, 0.3) is 10.1 Å². The van der Waals surface area contributed by atoms with Gasteiger partial charge in [-0.3, -0.25) is 4.55 Å². The van der Waals surface area contributed by atoms with Crippen LogP contribution in [-0.2, 0) is 10.1 Å². The average molecular weight is 192 g/mol. The van der Waals surface area contributed by atoms with Gasteiger partial charge in [0.05, 0.1) is 5.75 Å². The molecule has 3 N–H and O–H groups in total. The van der Waals surface area contributed by atoms with Crippen LogP contribution in [-0.4, -0.2) is 48.3 Å². The van der Waals surface area contributed by atoms with Crippen LogP contribution < -0.4 is 57.1 Å². The van der Waals surface area contributed by atoms with E-state index in [0.29, 0.717) is 0 Å². The van der Waals surface area contributed by atoms with Crippen molar-refractivity contribution in [2.45, 2.75) is 0 Å². The second-order valence-electron chi connectivity index (χ2n) is 1.07. The molecule has 0 saturated carbocycles. The molecule has 0 fully saturated rings. The Kier molecular flexibility index (Phi) is 16.2. The molecule has 4 nitrogen and oxygen atoms in total. The first-order chi connectivity index (χ1) is 3.06. The van der Waals surface area contributed by atoms with Crippen molar-refractivity contribution in [3.8, 4) is 0 Å². The summed E-state index contributed by atoms with van der Waals surface area (Å²) in [6.07, 6.45) is 0. The predicted molar refractivity (Wildman–Crippen MR) is 34.6 cm³/mol. The zero-order chi connectivity index (χ0) is 5.91. The molecule has 0 spiro atoms. The van der Waals surface area contributed by atoms with Gasteiger partial charge in [0.1, 0.15) is 0 Å². The molecule has 7 heteroatoms. The fourth-order valence-electron chi connectivity index (χ4n) is 0.149. The third-order valence-electron chi connectivity index (χ3n) is 0.376. The molecule has 0 aliphatic heterocycles. The quantitative estimate of drug-likeness (QED) is 0.343. The largest absolute Gasteiger partial charge is 2.00 e. The average Bonchev–Trinajstić information content (AvgIpc) is 1.30. The predicted octanol–water partition coefficient (Wildman–Crippen LogP) is -4.21. The minimum atomic E-state index is -3.80. The van der Waals surface area contributed by atoms with E-state index in [2.05, 4.69) is 0 Å². The fourth-order valence-corrected chi connectivity index (χ4v) is 0.447. The summed E-state index contributed by atoms with van der Waals surface area (Å²) in [6.45, 7) is -0.0289. The Morgan fingerprint density at radius 2 is 1.89 bits per heavy atom. The van der Waals surface area contributed by atoms with Crippen LogP contribution in [0, 0.1) is 0 Å². The van der Waals surface area contributed by atoms with E-state index in [1.165, 1.54) is 0 Å². The molecule has 0 aromatic rings. The van der Waals surface area contributed by atoms with Crippen LogP contribution in [0.2, 0.25) is 0 Å². The van der Waals surface area contributed by atoms with Crippen LogP contribution in [0.25, 0.3) is 0 Å². The molecule has 0 unspecified atom stereocenters. The Morgan fingerprint density at radius 3 is 1.89 bits per heavy atom. The Labute approximate surface area is 118 Å². The Hall–Kier alpha value is 2.27. The van der Waals surface area contributed by atoms with Gasteiger partial charge in [-0.15, -0.1) is 0 Å². The van der Waals surface area contributed by atoms with Crippen LogP contribution in [0.4, 0.5) is 0 Å². The second kappa shape index (κ2) is 8.37. The van der Waals surface area contributed by atoms with Gasteiger partial charge in [0, 0.05) is 6.54 Å². The normalized spacial score (nSPS) is 9.11. The zero-order valence-electron chi connectivity index (χ0n) is 8.37. The first kappa shape index (κ1) is 17.4. The number of hydrogen-bond donors (Lipinski definition) is 2. The summed E-state index contributed by atoms with van der Waals surface area (Å²) >= 11 is 0. The van der Waals surface area contributed by atoms with Crippen molar-refractivity contribution in [1.82, 2.24) is 0 Å². The van der Waals surface area contributed by atoms with Crippen molar-refractivity contribution in [1.29, 1.82) is 0 Å². The molecule has 0 atom stereocenters. The van der Waals surface area contributed by atoms with E-state index in [9.17, 15) is 8.42 Å². The molecule has 0 aliphatic rings. The SMILES string of the molecule is NCCS(=O)(=O)O.[H-].[H-].[H-].[K+].[Mg+2]. The molecule has 0 radical (unpaired) electrons. The maximum Gasteiger partial charge on any atom is 2.00 e. The molecule has 0 bridgehead atoms. The summed E-state index contributed by atoms with van der Waals surface area (Å²) in [5, 5.41) is 0. The molecule has 0 aromatic carbocycles. The van der Waals surface area contributed by atoms with Crippen LogP contribution in [0.1, 0.15) is 4.28 Å². The van der Waals surface area contributed by atoms with Crippen molar-refractivity contribution in [2.75, 3.05) is 12.3 Å². The van der Waals surface area contributed by atoms with E-state index in [1.807, 2.05) is 0 Å². The molecule has 0 aliphatic carbocycles. The molecule has 0 rings (SSSR count). The Morgan fingerprint density at radius 1 is 1.56 bits per heavy atom. The number of rotatable bonds is 2. The minimum Gasteiger partial charge on any atom is -1.00 e. The summed E-state index contributed by atoms with van der Waals surface area (Å²) in [6, 6.07) is 0. The van der Waals surface area contributed by atoms with Crippen molar-refractivity contribution >= 4 is 33.2 Å². The van der Waals surface area contributed by atoms with Gasteiger partial charge in [0.2, 0.25) is 0 Å². The smallest absolute Gasteiger partial charge is 1.00 e. The Balaban J connectivity index is -0.0000000180. The summed E-state index contributed by atoms with van der Waals surface area (Å²) in [5.41, 5.74) is 4.78. The van der Waals surface area contributed by atoms with Crippen molar-refractivity contribution < 1.29 is 68.6 Å². The van der Waals surface area contributed by atoms with Gasteiger partial charge >= 0.3 is 74.4 Å². The first-order valence-corrected chi connectivity index (χ1v) is 3.32. The fraction of sp³-hybridized carbons (Fsp3) is 1.00. The monoisotopic (exact) mass is 191 g/mol. The van der Waals surface area contributed by atoms with Crippen LogP contribution >= 0.6 is 0 Å². The third kappa shape index (κ3) is 17.9. The van der Waals surface area contributed by atoms with Crippen molar-refractivity contribution in [2.24, 2.45) is 5.73 Å². The van der Waals surface area contributed by atoms with Gasteiger partial charge in [-0.05, 0) is 0 Å². The molecule has 0 saturated heterocycles. The maximum absolute atomic E-state index is 9.71. The molecule has 0 heterocycles. The molecular weight excluding hydrogens is 181 g/mol. The molecule has 0 aromatic heterocycles. The first-order valence-electron chi connectivity index (χ1n) is 1.71. The second-order valence-corrected chi connectivity index (χ2v) is 2.65. The summed E-state index contributed by atoms with van der Waals surface area (Å²) in [7, 11) is -3.80. The van der Waals surface area contributed by atoms with E-state index >= 15 is 0 Å². The summed E-state index contributed by atoms with van der Waals surface area (Å²) < 4.78 is 27.3. The molecule has 0 amide bonds. The van der Waals surface area contributed by atoms with Gasteiger partial charge < -0.3 is 10.0 Å². The van der Waals surface area contributed by atoms with E-state index in [4.69, 9.17) is 10.3 Å². The van der Waals surface area contributed by atoms with E-state index in [-0.39, 0.29) is 91.0 Å². The van der Waals surface area contributed by atoms with E-state index in [0.717, 1.165) is 0 Å². The summed E-state index contributed by atoms with van der Waals surface area (Å²) in [4.78, 5) is 0. The zero-order valence-corrected chi connectivity index (χ0v) is 10.7. The topological polar surface area (TPSA) is 80.4 Å².